The quantitative estimate of drug-likeness (QED) is 0.700. The molecule has 94 valence electrons. The molecule has 1 aliphatic heterocycles. The molecular formula is C14H18BrClO. The van der Waals surface area contributed by atoms with Gasteiger partial charge in [0.05, 0.1) is 17.0 Å². The van der Waals surface area contributed by atoms with Crippen LogP contribution in [0.5, 0.6) is 0 Å². The smallest absolute Gasteiger partial charge is 0.0746 e. The average Bonchev–Trinajstić information content (AvgIpc) is 2.69. The maximum Gasteiger partial charge on any atom is 0.0746 e. The van der Waals surface area contributed by atoms with E-state index in [1.165, 1.54) is 11.1 Å². The highest BCUT2D eigenvalue weighted by Crippen LogP contribution is 2.39. The predicted octanol–water partition coefficient (Wildman–Crippen LogP) is 4.96. The Morgan fingerprint density at radius 2 is 1.94 bits per heavy atom. The number of halogens is 2. The van der Waals surface area contributed by atoms with Crippen molar-refractivity contribution in [2.24, 2.45) is 0 Å². The van der Waals surface area contributed by atoms with E-state index in [1.54, 1.807) is 0 Å². The van der Waals surface area contributed by atoms with Crippen LogP contribution in [0.25, 0.3) is 0 Å². The Kier molecular flexibility index (Phi) is 4.17. The standard InChI is InChI=1S/C14H18BrClO/c1-8-6-11(12(16)7-9(8)2)14(15)13-5-4-10(3)17-13/h6-7,10,13-14H,4-5H2,1-3H3. The average molecular weight is 318 g/mol. The molecule has 1 aromatic carbocycles. The zero-order valence-corrected chi connectivity index (χ0v) is 12.8. The highest BCUT2D eigenvalue weighted by Gasteiger charge is 2.30. The molecular weight excluding hydrogens is 300 g/mol. The van der Waals surface area contributed by atoms with E-state index >= 15 is 0 Å². The van der Waals surface area contributed by atoms with Crippen molar-refractivity contribution in [1.29, 1.82) is 0 Å². The fourth-order valence-electron chi connectivity index (χ4n) is 2.26. The van der Waals surface area contributed by atoms with Gasteiger partial charge in [0.1, 0.15) is 0 Å². The number of rotatable bonds is 2. The molecule has 1 aromatic rings. The number of ether oxygens (including phenoxy) is 1. The molecule has 3 unspecified atom stereocenters. The fourth-order valence-corrected chi connectivity index (χ4v) is 3.50. The van der Waals surface area contributed by atoms with E-state index in [2.05, 4.69) is 42.8 Å². The van der Waals surface area contributed by atoms with Crippen molar-refractivity contribution in [2.45, 2.75) is 50.6 Å². The summed E-state index contributed by atoms with van der Waals surface area (Å²) in [6.07, 6.45) is 2.84. The van der Waals surface area contributed by atoms with E-state index in [-0.39, 0.29) is 10.9 Å². The number of hydrogen-bond acceptors (Lipinski definition) is 1. The minimum Gasteiger partial charge on any atom is -0.374 e. The summed E-state index contributed by atoms with van der Waals surface area (Å²) >= 11 is 10.1. The zero-order chi connectivity index (χ0) is 12.6. The van der Waals surface area contributed by atoms with Crippen molar-refractivity contribution >= 4 is 27.5 Å². The van der Waals surface area contributed by atoms with Gasteiger partial charge in [-0.2, -0.15) is 0 Å². The minimum absolute atomic E-state index is 0.194. The van der Waals surface area contributed by atoms with Crippen LogP contribution in [0.15, 0.2) is 12.1 Å². The molecule has 0 radical (unpaired) electrons. The molecule has 0 aromatic heterocycles. The molecule has 0 aliphatic carbocycles. The first kappa shape index (κ1) is 13.4. The SMILES string of the molecule is Cc1cc(Cl)c(C(Br)C2CCC(C)O2)cc1C. The van der Waals surface area contributed by atoms with Crippen LogP contribution in [0.3, 0.4) is 0 Å². The Balaban J connectivity index is 2.24. The van der Waals surface area contributed by atoms with Crippen LogP contribution in [0, 0.1) is 13.8 Å². The van der Waals surface area contributed by atoms with Gasteiger partial charge in [-0.1, -0.05) is 33.6 Å². The third-order valence-corrected chi connectivity index (χ3v) is 4.91. The third-order valence-electron chi connectivity index (χ3n) is 3.50. The largest absolute Gasteiger partial charge is 0.374 e. The monoisotopic (exact) mass is 316 g/mol. The van der Waals surface area contributed by atoms with Gasteiger partial charge >= 0.3 is 0 Å². The topological polar surface area (TPSA) is 9.23 Å². The van der Waals surface area contributed by atoms with E-state index in [4.69, 9.17) is 16.3 Å². The molecule has 0 saturated carbocycles. The summed E-state index contributed by atoms with van der Waals surface area (Å²) in [5.41, 5.74) is 3.66. The molecule has 1 saturated heterocycles. The van der Waals surface area contributed by atoms with Crippen LogP contribution in [0.1, 0.15) is 41.3 Å². The van der Waals surface area contributed by atoms with Gasteiger partial charge in [0, 0.05) is 5.02 Å². The van der Waals surface area contributed by atoms with Crippen LogP contribution in [-0.2, 0) is 4.74 Å². The minimum atomic E-state index is 0.194. The molecule has 1 fully saturated rings. The van der Waals surface area contributed by atoms with Gasteiger partial charge < -0.3 is 4.74 Å². The summed E-state index contributed by atoms with van der Waals surface area (Å²) < 4.78 is 5.90. The number of aryl methyl sites for hydroxylation is 2. The van der Waals surface area contributed by atoms with E-state index in [0.29, 0.717) is 6.10 Å². The lowest BCUT2D eigenvalue weighted by Gasteiger charge is -2.20. The summed E-state index contributed by atoms with van der Waals surface area (Å²) in [5, 5.41) is 0.832. The molecule has 3 atom stereocenters. The van der Waals surface area contributed by atoms with Gasteiger partial charge in [0.2, 0.25) is 0 Å². The van der Waals surface area contributed by atoms with E-state index in [0.717, 1.165) is 23.4 Å². The Morgan fingerprint density at radius 3 is 2.53 bits per heavy atom. The van der Waals surface area contributed by atoms with Gasteiger partial charge in [-0.05, 0) is 56.4 Å². The van der Waals surface area contributed by atoms with Crippen LogP contribution in [0.4, 0.5) is 0 Å². The molecule has 0 N–H and O–H groups in total. The second-order valence-electron chi connectivity index (χ2n) is 4.92. The zero-order valence-electron chi connectivity index (χ0n) is 10.5. The molecule has 1 heterocycles. The maximum atomic E-state index is 6.33. The second kappa shape index (κ2) is 5.29. The first-order valence-corrected chi connectivity index (χ1v) is 7.34. The van der Waals surface area contributed by atoms with Crippen LogP contribution in [-0.4, -0.2) is 12.2 Å². The van der Waals surface area contributed by atoms with Gasteiger partial charge in [0.15, 0.2) is 0 Å². The van der Waals surface area contributed by atoms with Gasteiger partial charge in [0.25, 0.3) is 0 Å². The molecule has 1 nitrogen and oxygen atoms in total. The van der Waals surface area contributed by atoms with E-state index < -0.39 is 0 Å². The molecule has 1 aliphatic rings. The van der Waals surface area contributed by atoms with Gasteiger partial charge in [-0.3, -0.25) is 0 Å². The first-order valence-electron chi connectivity index (χ1n) is 6.05. The Hall–Kier alpha value is -0.0500. The lowest BCUT2D eigenvalue weighted by atomic mass is 10.0. The lowest BCUT2D eigenvalue weighted by molar-refractivity contribution is 0.0557. The van der Waals surface area contributed by atoms with Gasteiger partial charge in [-0.15, -0.1) is 0 Å². The van der Waals surface area contributed by atoms with Gasteiger partial charge in [-0.25, -0.2) is 0 Å². The van der Waals surface area contributed by atoms with Crippen molar-refractivity contribution in [3.8, 4) is 0 Å². The molecule has 17 heavy (non-hydrogen) atoms. The normalized spacial score (nSPS) is 26.2. The lowest BCUT2D eigenvalue weighted by Crippen LogP contribution is -2.15. The Bertz CT molecular complexity index is 419. The molecule has 2 rings (SSSR count). The Labute approximate surface area is 117 Å². The summed E-state index contributed by atoms with van der Waals surface area (Å²) in [6, 6.07) is 4.21. The fraction of sp³-hybridized carbons (Fsp3) is 0.571. The summed E-state index contributed by atoms with van der Waals surface area (Å²) in [6.45, 7) is 6.33. The van der Waals surface area contributed by atoms with Crippen LogP contribution in [0.2, 0.25) is 5.02 Å². The summed E-state index contributed by atoms with van der Waals surface area (Å²) in [5.74, 6) is 0. The van der Waals surface area contributed by atoms with Crippen molar-refractivity contribution < 1.29 is 4.74 Å². The number of alkyl halides is 1. The first-order chi connectivity index (χ1) is 7.99. The van der Waals surface area contributed by atoms with Crippen LogP contribution >= 0.6 is 27.5 Å². The predicted molar refractivity (Wildman–Crippen MR) is 76.2 cm³/mol. The summed E-state index contributed by atoms with van der Waals surface area (Å²) in [4.78, 5) is 0.194. The van der Waals surface area contributed by atoms with Crippen molar-refractivity contribution in [2.75, 3.05) is 0 Å². The van der Waals surface area contributed by atoms with Crippen LogP contribution < -0.4 is 0 Å². The Morgan fingerprint density at radius 1 is 1.29 bits per heavy atom. The third kappa shape index (κ3) is 2.86. The van der Waals surface area contributed by atoms with Crippen molar-refractivity contribution in [3.63, 3.8) is 0 Å². The van der Waals surface area contributed by atoms with E-state index in [1.807, 2.05) is 6.07 Å². The second-order valence-corrected chi connectivity index (χ2v) is 6.32. The van der Waals surface area contributed by atoms with Crippen molar-refractivity contribution in [1.82, 2.24) is 0 Å². The highest BCUT2D eigenvalue weighted by atomic mass is 79.9. The molecule has 0 spiro atoms. The summed E-state index contributed by atoms with van der Waals surface area (Å²) in [7, 11) is 0. The molecule has 0 amide bonds. The number of benzene rings is 1. The van der Waals surface area contributed by atoms with Crippen molar-refractivity contribution in [3.05, 3.63) is 33.8 Å². The maximum absolute atomic E-state index is 6.33. The van der Waals surface area contributed by atoms with E-state index in [9.17, 15) is 0 Å². The number of hydrogen-bond donors (Lipinski definition) is 0. The molecule has 3 heteroatoms. The molecule has 0 bridgehead atoms. The highest BCUT2D eigenvalue weighted by molar-refractivity contribution is 9.09.